The topological polar surface area (TPSA) is 74.5 Å². The third-order valence-electron chi connectivity index (χ3n) is 6.28. The zero-order chi connectivity index (χ0) is 22.9. The van der Waals surface area contributed by atoms with Gasteiger partial charge < -0.3 is 14.7 Å². The largest absolute Gasteiger partial charge is 0.416 e. The van der Waals surface area contributed by atoms with Crippen LogP contribution in [0.1, 0.15) is 44.1 Å². The zero-order valence-electron chi connectivity index (χ0n) is 18.2. The van der Waals surface area contributed by atoms with Crippen molar-refractivity contribution in [1.29, 1.82) is 0 Å². The van der Waals surface area contributed by atoms with Gasteiger partial charge in [-0.1, -0.05) is 17.3 Å². The van der Waals surface area contributed by atoms with E-state index in [1.165, 1.54) is 12.1 Å². The highest BCUT2D eigenvalue weighted by Crippen LogP contribution is 2.33. The van der Waals surface area contributed by atoms with Crippen molar-refractivity contribution in [1.82, 2.24) is 25.3 Å². The van der Waals surface area contributed by atoms with Crippen LogP contribution in [0.5, 0.6) is 0 Å². The standard InChI is InChI=1S/C22H28F3N5O2/c1-14(2)30-11-8-26-18(13-30)21(31)29-9-6-15(7-10-29)20-27-19(28-32-20)16-4-3-5-17(12-16)22(23,24)25/h3-5,12,14-15,18,26H,6-11,13H2,1-2H3. The van der Waals surface area contributed by atoms with Gasteiger partial charge in [0.05, 0.1) is 11.6 Å². The van der Waals surface area contributed by atoms with Crippen molar-refractivity contribution >= 4 is 5.91 Å². The number of carbonyl (C=O) groups excluding carboxylic acids is 1. The number of piperazine rings is 1. The minimum Gasteiger partial charge on any atom is -0.341 e. The molecule has 32 heavy (non-hydrogen) atoms. The summed E-state index contributed by atoms with van der Waals surface area (Å²) >= 11 is 0. The van der Waals surface area contributed by atoms with Gasteiger partial charge in [0.15, 0.2) is 0 Å². The summed E-state index contributed by atoms with van der Waals surface area (Å²) in [5, 5.41) is 7.21. The highest BCUT2D eigenvalue weighted by molar-refractivity contribution is 5.82. The summed E-state index contributed by atoms with van der Waals surface area (Å²) in [6, 6.07) is 5.10. The fraction of sp³-hybridized carbons (Fsp3) is 0.591. The zero-order valence-corrected chi connectivity index (χ0v) is 18.2. The number of benzene rings is 1. The van der Waals surface area contributed by atoms with Gasteiger partial charge in [-0.25, -0.2) is 0 Å². The molecule has 1 N–H and O–H groups in total. The number of halogens is 3. The minimum atomic E-state index is -4.43. The number of rotatable bonds is 4. The number of nitrogens with zero attached hydrogens (tertiary/aromatic N) is 4. The second kappa shape index (κ2) is 9.19. The summed E-state index contributed by atoms with van der Waals surface area (Å²) in [5.41, 5.74) is -0.485. The van der Waals surface area contributed by atoms with E-state index in [0.29, 0.717) is 44.4 Å². The molecule has 2 aliphatic heterocycles. The van der Waals surface area contributed by atoms with Crippen LogP contribution in [0.25, 0.3) is 11.4 Å². The van der Waals surface area contributed by atoms with Crippen LogP contribution in [0.4, 0.5) is 13.2 Å². The first-order chi connectivity index (χ1) is 15.2. The maximum Gasteiger partial charge on any atom is 0.416 e. The van der Waals surface area contributed by atoms with Crippen molar-refractivity contribution < 1.29 is 22.5 Å². The summed E-state index contributed by atoms with van der Waals surface area (Å²) in [5.74, 6) is 0.651. The van der Waals surface area contributed by atoms with E-state index in [1.807, 2.05) is 4.90 Å². The van der Waals surface area contributed by atoms with E-state index in [-0.39, 0.29) is 29.3 Å². The van der Waals surface area contributed by atoms with E-state index < -0.39 is 11.7 Å². The van der Waals surface area contributed by atoms with Crippen molar-refractivity contribution in [3.63, 3.8) is 0 Å². The molecule has 0 bridgehead atoms. The third kappa shape index (κ3) is 4.96. The van der Waals surface area contributed by atoms with Gasteiger partial charge in [-0.05, 0) is 38.8 Å². The van der Waals surface area contributed by atoms with Crippen LogP contribution in [0.15, 0.2) is 28.8 Å². The van der Waals surface area contributed by atoms with Crippen molar-refractivity contribution in [3.8, 4) is 11.4 Å². The molecule has 0 spiro atoms. The van der Waals surface area contributed by atoms with Crippen molar-refractivity contribution in [2.24, 2.45) is 0 Å². The van der Waals surface area contributed by atoms with Gasteiger partial charge in [0.25, 0.3) is 0 Å². The number of alkyl halides is 3. The van der Waals surface area contributed by atoms with Gasteiger partial charge in [-0.2, -0.15) is 18.2 Å². The van der Waals surface area contributed by atoms with Crippen molar-refractivity contribution in [2.75, 3.05) is 32.7 Å². The van der Waals surface area contributed by atoms with Crippen LogP contribution in [-0.2, 0) is 11.0 Å². The fourth-order valence-corrected chi connectivity index (χ4v) is 4.33. The normalized spacial score (nSPS) is 21.3. The number of nitrogens with one attached hydrogen (secondary N) is 1. The minimum absolute atomic E-state index is 0.0161. The summed E-state index contributed by atoms with van der Waals surface area (Å²) in [6.45, 7) is 7.89. The molecule has 1 atom stereocenters. The van der Waals surface area contributed by atoms with Gasteiger partial charge in [0, 0.05) is 50.2 Å². The van der Waals surface area contributed by atoms with E-state index in [9.17, 15) is 18.0 Å². The average Bonchev–Trinajstić information content (AvgIpc) is 3.29. The molecule has 1 unspecified atom stereocenters. The molecule has 2 fully saturated rings. The molecule has 4 rings (SSSR count). The van der Waals surface area contributed by atoms with E-state index >= 15 is 0 Å². The molecule has 174 valence electrons. The second-order valence-electron chi connectivity index (χ2n) is 8.73. The Morgan fingerprint density at radius 3 is 2.66 bits per heavy atom. The van der Waals surface area contributed by atoms with Crippen LogP contribution < -0.4 is 5.32 Å². The summed E-state index contributed by atoms with van der Waals surface area (Å²) in [4.78, 5) is 21.5. The molecule has 0 aliphatic carbocycles. The van der Waals surface area contributed by atoms with Crippen LogP contribution in [0.3, 0.4) is 0 Å². The van der Waals surface area contributed by atoms with Gasteiger partial charge >= 0.3 is 6.18 Å². The Morgan fingerprint density at radius 1 is 1.22 bits per heavy atom. The van der Waals surface area contributed by atoms with E-state index in [0.717, 1.165) is 25.2 Å². The lowest BCUT2D eigenvalue weighted by Crippen LogP contribution is -2.59. The van der Waals surface area contributed by atoms with Gasteiger partial charge in [-0.3, -0.25) is 9.69 Å². The Kier molecular flexibility index (Phi) is 6.52. The smallest absolute Gasteiger partial charge is 0.341 e. The quantitative estimate of drug-likeness (QED) is 0.770. The molecule has 0 saturated carbocycles. The molecule has 1 aromatic carbocycles. The highest BCUT2D eigenvalue weighted by Gasteiger charge is 2.34. The molecule has 0 radical (unpaired) electrons. The van der Waals surface area contributed by atoms with Gasteiger partial charge in [0.1, 0.15) is 0 Å². The van der Waals surface area contributed by atoms with Crippen LogP contribution in [-0.4, -0.2) is 70.7 Å². The molecule has 2 saturated heterocycles. The summed E-state index contributed by atoms with van der Waals surface area (Å²) in [6.07, 6.45) is -3.07. The number of piperidine rings is 1. The molecule has 1 amide bonds. The van der Waals surface area contributed by atoms with Gasteiger partial charge in [-0.15, -0.1) is 0 Å². The lowest BCUT2D eigenvalue weighted by atomic mass is 9.96. The van der Waals surface area contributed by atoms with E-state index in [2.05, 4.69) is 34.2 Å². The SMILES string of the molecule is CC(C)N1CCNC(C(=O)N2CCC(c3nc(-c4cccc(C(F)(F)F)c4)no3)CC2)C1. The number of carbonyl (C=O) groups is 1. The van der Waals surface area contributed by atoms with Gasteiger partial charge in [0.2, 0.25) is 17.6 Å². The molecule has 10 heteroatoms. The predicted molar refractivity (Wildman–Crippen MR) is 112 cm³/mol. The lowest BCUT2D eigenvalue weighted by Gasteiger charge is -2.39. The molecular weight excluding hydrogens is 423 g/mol. The number of aromatic nitrogens is 2. The second-order valence-corrected chi connectivity index (χ2v) is 8.73. The average molecular weight is 451 g/mol. The third-order valence-corrected chi connectivity index (χ3v) is 6.28. The maximum atomic E-state index is 13.0. The molecule has 7 nitrogen and oxygen atoms in total. The Balaban J connectivity index is 1.36. The van der Waals surface area contributed by atoms with Crippen LogP contribution >= 0.6 is 0 Å². The Bertz CT molecular complexity index is 938. The first kappa shape index (κ1) is 22.7. The van der Waals surface area contributed by atoms with Crippen molar-refractivity contribution in [3.05, 3.63) is 35.7 Å². The van der Waals surface area contributed by atoms with E-state index in [1.54, 1.807) is 0 Å². The molecule has 3 heterocycles. The Hall–Kier alpha value is -2.46. The molecule has 2 aliphatic rings. The fourth-order valence-electron chi connectivity index (χ4n) is 4.33. The number of hydrogen-bond acceptors (Lipinski definition) is 6. The number of likely N-dealkylation sites (tertiary alicyclic amines) is 1. The highest BCUT2D eigenvalue weighted by atomic mass is 19.4. The first-order valence-electron chi connectivity index (χ1n) is 11.0. The van der Waals surface area contributed by atoms with E-state index in [4.69, 9.17) is 4.52 Å². The summed E-state index contributed by atoms with van der Waals surface area (Å²) in [7, 11) is 0. The monoisotopic (exact) mass is 451 g/mol. The molecule has 2 aromatic rings. The first-order valence-corrected chi connectivity index (χ1v) is 11.0. The Labute approximate surface area is 184 Å². The Morgan fingerprint density at radius 2 is 1.97 bits per heavy atom. The van der Waals surface area contributed by atoms with Crippen LogP contribution in [0, 0.1) is 0 Å². The number of hydrogen-bond donors (Lipinski definition) is 1. The lowest BCUT2D eigenvalue weighted by molar-refractivity contribution is -0.137. The van der Waals surface area contributed by atoms with Crippen molar-refractivity contribution in [2.45, 2.75) is 50.9 Å². The maximum absolute atomic E-state index is 13.0. The summed E-state index contributed by atoms with van der Waals surface area (Å²) < 4.78 is 44.3. The molecule has 1 aromatic heterocycles. The molecular formula is C22H28F3N5O2. The predicted octanol–water partition coefficient (Wildman–Crippen LogP) is 3.14. The van der Waals surface area contributed by atoms with Crippen LogP contribution in [0.2, 0.25) is 0 Å². The number of amides is 1.